The van der Waals surface area contributed by atoms with Crippen molar-refractivity contribution < 1.29 is 14.3 Å². The van der Waals surface area contributed by atoms with Crippen molar-refractivity contribution in [1.29, 1.82) is 0 Å². The predicted molar refractivity (Wildman–Crippen MR) is 57.7 cm³/mol. The molecule has 2 atom stereocenters. The van der Waals surface area contributed by atoms with Crippen molar-refractivity contribution in [2.45, 2.75) is 45.3 Å². The van der Waals surface area contributed by atoms with Crippen LogP contribution in [0.15, 0.2) is 0 Å². The number of ether oxygens (including phenoxy) is 2. The third kappa shape index (κ3) is 5.14. The van der Waals surface area contributed by atoms with E-state index >= 15 is 0 Å². The molecule has 1 aliphatic rings. The maximum atomic E-state index is 11.5. The Kier molecular flexibility index (Phi) is 5.65. The van der Waals surface area contributed by atoms with Crippen LogP contribution in [0.25, 0.3) is 0 Å². The smallest absolute Gasteiger partial charge is 0.308 e. The van der Waals surface area contributed by atoms with Gasteiger partial charge in [-0.3, -0.25) is 4.79 Å². The molecule has 0 saturated carbocycles. The zero-order chi connectivity index (χ0) is 11.1. The monoisotopic (exact) mass is 215 g/mol. The fourth-order valence-corrected chi connectivity index (χ4v) is 1.67. The zero-order valence-corrected chi connectivity index (χ0v) is 9.62. The van der Waals surface area contributed by atoms with Crippen LogP contribution in [0, 0.1) is 0 Å². The molecule has 0 amide bonds. The number of hydrogen-bond acceptors (Lipinski definition) is 4. The van der Waals surface area contributed by atoms with Crippen molar-refractivity contribution in [2.24, 2.45) is 0 Å². The van der Waals surface area contributed by atoms with Crippen molar-refractivity contribution in [3.8, 4) is 0 Å². The molecule has 88 valence electrons. The maximum absolute atomic E-state index is 11.5. The average molecular weight is 215 g/mol. The molecule has 0 aromatic carbocycles. The Morgan fingerprint density at radius 2 is 2.47 bits per heavy atom. The first-order valence-corrected chi connectivity index (χ1v) is 5.74. The quantitative estimate of drug-likeness (QED) is 0.698. The molecule has 2 unspecified atom stereocenters. The van der Waals surface area contributed by atoms with E-state index in [1.165, 1.54) is 0 Å². The van der Waals surface area contributed by atoms with Gasteiger partial charge in [-0.25, -0.2) is 0 Å². The first kappa shape index (κ1) is 12.5. The van der Waals surface area contributed by atoms with Gasteiger partial charge >= 0.3 is 5.97 Å². The Morgan fingerprint density at radius 1 is 1.67 bits per heavy atom. The van der Waals surface area contributed by atoms with E-state index in [1.807, 2.05) is 6.92 Å². The number of carbonyl (C=O) groups excluding carboxylic acids is 1. The molecule has 0 bridgehead atoms. The van der Waals surface area contributed by atoms with E-state index in [0.717, 1.165) is 25.9 Å². The standard InChI is InChI=1S/C11H21NO3/c1-3-4-9(2)15-11(13)7-10-8-12-5-6-14-10/h9-10,12H,3-8H2,1-2H3. The third-order valence-corrected chi connectivity index (χ3v) is 2.43. The molecule has 0 aromatic rings. The summed E-state index contributed by atoms with van der Waals surface area (Å²) >= 11 is 0. The molecule has 1 fully saturated rings. The van der Waals surface area contributed by atoms with E-state index in [-0.39, 0.29) is 18.2 Å². The number of esters is 1. The Balaban J connectivity index is 2.16. The lowest BCUT2D eigenvalue weighted by Crippen LogP contribution is -2.40. The highest BCUT2D eigenvalue weighted by Crippen LogP contribution is 2.07. The van der Waals surface area contributed by atoms with E-state index in [0.29, 0.717) is 13.0 Å². The summed E-state index contributed by atoms with van der Waals surface area (Å²) in [4.78, 5) is 11.5. The number of rotatable bonds is 5. The summed E-state index contributed by atoms with van der Waals surface area (Å²) in [6.45, 7) is 6.32. The van der Waals surface area contributed by atoms with Gasteiger partial charge in [0.2, 0.25) is 0 Å². The highest BCUT2D eigenvalue weighted by atomic mass is 16.5. The second-order valence-corrected chi connectivity index (χ2v) is 3.99. The molecule has 15 heavy (non-hydrogen) atoms. The van der Waals surface area contributed by atoms with Gasteiger partial charge in [0.05, 0.1) is 25.2 Å². The molecule has 1 saturated heterocycles. The topological polar surface area (TPSA) is 47.6 Å². The first-order chi connectivity index (χ1) is 7.22. The highest BCUT2D eigenvalue weighted by Gasteiger charge is 2.19. The van der Waals surface area contributed by atoms with Crippen LogP contribution >= 0.6 is 0 Å². The minimum atomic E-state index is -0.148. The summed E-state index contributed by atoms with van der Waals surface area (Å²) in [6, 6.07) is 0. The van der Waals surface area contributed by atoms with Crippen LogP contribution in [-0.4, -0.2) is 37.9 Å². The second kappa shape index (κ2) is 6.80. The number of carbonyl (C=O) groups is 1. The van der Waals surface area contributed by atoms with Gasteiger partial charge in [0.25, 0.3) is 0 Å². The van der Waals surface area contributed by atoms with Crippen LogP contribution < -0.4 is 5.32 Å². The summed E-state index contributed by atoms with van der Waals surface area (Å²) in [5.41, 5.74) is 0. The Labute approximate surface area is 91.3 Å². The summed E-state index contributed by atoms with van der Waals surface area (Å²) < 4.78 is 10.7. The lowest BCUT2D eigenvalue weighted by Gasteiger charge is -2.23. The van der Waals surface area contributed by atoms with Gasteiger partial charge in [-0.1, -0.05) is 13.3 Å². The zero-order valence-electron chi connectivity index (χ0n) is 9.62. The molecule has 1 rings (SSSR count). The molecular formula is C11H21NO3. The lowest BCUT2D eigenvalue weighted by atomic mass is 10.2. The van der Waals surface area contributed by atoms with Crippen molar-refractivity contribution >= 4 is 5.97 Å². The van der Waals surface area contributed by atoms with Crippen LogP contribution in [0.4, 0.5) is 0 Å². The number of hydrogen-bond donors (Lipinski definition) is 1. The maximum Gasteiger partial charge on any atom is 0.308 e. The molecule has 0 aliphatic carbocycles. The third-order valence-electron chi connectivity index (χ3n) is 2.43. The van der Waals surface area contributed by atoms with Crippen LogP contribution in [0.1, 0.15) is 33.1 Å². The minimum absolute atomic E-state index is 0.0138. The number of morpholine rings is 1. The molecular weight excluding hydrogens is 194 g/mol. The minimum Gasteiger partial charge on any atom is -0.463 e. The van der Waals surface area contributed by atoms with E-state index in [4.69, 9.17) is 9.47 Å². The Morgan fingerprint density at radius 3 is 3.07 bits per heavy atom. The normalized spacial score (nSPS) is 23.5. The van der Waals surface area contributed by atoms with Crippen LogP contribution in [-0.2, 0) is 14.3 Å². The van der Waals surface area contributed by atoms with Gasteiger partial charge in [0.1, 0.15) is 0 Å². The van der Waals surface area contributed by atoms with Crippen molar-refractivity contribution in [2.75, 3.05) is 19.7 Å². The summed E-state index contributed by atoms with van der Waals surface area (Å²) in [7, 11) is 0. The summed E-state index contributed by atoms with van der Waals surface area (Å²) in [5, 5.41) is 3.19. The van der Waals surface area contributed by atoms with Gasteiger partial charge in [-0.2, -0.15) is 0 Å². The molecule has 1 N–H and O–H groups in total. The van der Waals surface area contributed by atoms with Crippen LogP contribution in [0.3, 0.4) is 0 Å². The fraction of sp³-hybridized carbons (Fsp3) is 0.909. The molecule has 0 aromatic heterocycles. The predicted octanol–water partition coefficient (Wildman–Crippen LogP) is 1.10. The fourth-order valence-electron chi connectivity index (χ4n) is 1.67. The molecule has 0 radical (unpaired) electrons. The Hall–Kier alpha value is -0.610. The number of nitrogens with one attached hydrogen (secondary N) is 1. The first-order valence-electron chi connectivity index (χ1n) is 5.74. The van der Waals surface area contributed by atoms with E-state index in [9.17, 15) is 4.79 Å². The van der Waals surface area contributed by atoms with Crippen molar-refractivity contribution in [3.63, 3.8) is 0 Å². The van der Waals surface area contributed by atoms with Gasteiger partial charge in [-0.05, 0) is 13.3 Å². The van der Waals surface area contributed by atoms with Gasteiger partial charge in [0, 0.05) is 13.1 Å². The van der Waals surface area contributed by atoms with Crippen LogP contribution in [0.5, 0.6) is 0 Å². The summed E-state index contributed by atoms with van der Waals surface area (Å²) in [6.07, 6.45) is 2.34. The van der Waals surface area contributed by atoms with Gasteiger partial charge in [0.15, 0.2) is 0 Å². The molecule has 0 spiro atoms. The van der Waals surface area contributed by atoms with Crippen molar-refractivity contribution in [1.82, 2.24) is 5.32 Å². The van der Waals surface area contributed by atoms with Crippen LogP contribution in [0.2, 0.25) is 0 Å². The Bertz CT molecular complexity index is 190. The van der Waals surface area contributed by atoms with E-state index in [1.54, 1.807) is 0 Å². The highest BCUT2D eigenvalue weighted by molar-refractivity contribution is 5.70. The van der Waals surface area contributed by atoms with Gasteiger partial charge < -0.3 is 14.8 Å². The molecule has 1 heterocycles. The second-order valence-electron chi connectivity index (χ2n) is 3.99. The lowest BCUT2D eigenvalue weighted by molar-refractivity contribution is -0.152. The van der Waals surface area contributed by atoms with Gasteiger partial charge in [-0.15, -0.1) is 0 Å². The molecule has 4 nitrogen and oxygen atoms in total. The molecule has 4 heteroatoms. The van der Waals surface area contributed by atoms with Crippen molar-refractivity contribution in [3.05, 3.63) is 0 Å². The van der Waals surface area contributed by atoms with E-state index < -0.39 is 0 Å². The average Bonchev–Trinajstić information content (AvgIpc) is 2.19. The molecule has 1 aliphatic heterocycles. The van der Waals surface area contributed by atoms with E-state index in [2.05, 4.69) is 12.2 Å². The SMILES string of the molecule is CCCC(C)OC(=O)CC1CNCCO1. The summed E-state index contributed by atoms with van der Waals surface area (Å²) in [5.74, 6) is -0.148. The largest absolute Gasteiger partial charge is 0.463 e.